The van der Waals surface area contributed by atoms with Crippen molar-refractivity contribution in [3.63, 3.8) is 0 Å². The Balaban J connectivity index is 1.43. The second-order valence-corrected chi connectivity index (χ2v) is 7.10. The van der Waals surface area contributed by atoms with Crippen molar-refractivity contribution in [2.45, 2.75) is 45.1 Å². The molecule has 2 aliphatic rings. The summed E-state index contributed by atoms with van der Waals surface area (Å²) < 4.78 is 5.49. The van der Waals surface area contributed by atoms with E-state index in [4.69, 9.17) is 4.42 Å². The van der Waals surface area contributed by atoms with Crippen LogP contribution in [-0.4, -0.2) is 29.9 Å². The maximum absolute atomic E-state index is 12.6. The number of pyridine rings is 1. The van der Waals surface area contributed by atoms with E-state index in [2.05, 4.69) is 20.5 Å². The highest BCUT2D eigenvalue weighted by Crippen LogP contribution is 2.28. The smallest absolute Gasteiger partial charge is 0.256 e. The standard InChI is InChI=1S/C20H24N4O3/c25-18-6-4-5-16-19(23-18)15(13-27-16)20(26)22-12-14-7-8-21-17(11-14)24-9-2-1-3-10-24/h7-8,11,13H,1-6,9-10,12H2,(H,22,26)(H,23,25). The number of carbonyl (C=O) groups excluding carboxylic acids is 2. The fourth-order valence-corrected chi connectivity index (χ4v) is 3.64. The molecule has 0 bridgehead atoms. The number of hydrogen-bond acceptors (Lipinski definition) is 5. The molecule has 0 aromatic carbocycles. The SMILES string of the molecule is O=C1CCCc2occ(C(=O)NCc3ccnc(N4CCCCC4)c3)c2N1. The number of anilines is 2. The first-order chi connectivity index (χ1) is 13.2. The first-order valence-electron chi connectivity index (χ1n) is 9.59. The number of aryl methyl sites for hydroxylation is 1. The molecule has 7 heteroatoms. The topological polar surface area (TPSA) is 87.5 Å². The Hall–Kier alpha value is -2.83. The van der Waals surface area contributed by atoms with Gasteiger partial charge in [-0.1, -0.05) is 0 Å². The Morgan fingerprint density at radius 1 is 1.22 bits per heavy atom. The molecule has 0 aliphatic carbocycles. The van der Waals surface area contributed by atoms with Crippen molar-refractivity contribution in [1.29, 1.82) is 0 Å². The monoisotopic (exact) mass is 368 g/mol. The summed E-state index contributed by atoms with van der Waals surface area (Å²) in [7, 11) is 0. The quantitative estimate of drug-likeness (QED) is 0.866. The summed E-state index contributed by atoms with van der Waals surface area (Å²) >= 11 is 0. The van der Waals surface area contributed by atoms with Gasteiger partial charge in [0, 0.05) is 38.7 Å². The Bertz CT molecular complexity index is 840. The molecule has 2 aliphatic heterocycles. The lowest BCUT2D eigenvalue weighted by molar-refractivity contribution is -0.116. The van der Waals surface area contributed by atoms with Crippen LogP contribution in [0.1, 0.15) is 53.8 Å². The molecular weight excluding hydrogens is 344 g/mol. The number of furan rings is 1. The zero-order valence-electron chi connectivity index (χ0n) is 15.3. The zero-order chi connectivity index (χ0) is 18.6. The molecule has 0 spiro atoms. The van der Waals surface area contributed by atoms with Gasteiger partial charge in [0.25, 0.3) is 5.91 Å². The van der Waals surface area contributed by atoms with E-state index in [0.29, 0.717) is 36.4 Å². The van der Waals surface area contributed by atoms with Crippen molar-refractivity contribution in [1.82, 2.24) is 10.3 Å². The number of nitrogens with one attached hydrogen (secondary N) is 2. The van der Waals surface area contributed by atoms with Crippen LogP contribution in [0.4, 0.5) is 11.5 Å². The second kappa shape index (κ2) is 7.82. The number of fused-ring (bicyclic) bond motifs is 1. The Labute approximate surface area is 158 Å². The maximum Gasteiger partial charge on any atom is 0.256 e. The van der Waals surface area contributed by atoms with Crippen LogP contribution in [0, 0.1) is 0 Å². The van der Waals surface area contributed by atoms with Gasteiger partial charge in [0.05, 0.1) is 5.69 Å². The van der Waals surface area contributed by atoms with Gasteiger partial charge in [-0.25, -0.2) is 4.98 Å². The van der Waals surface area contributed by atoms with E-state index in [-0.39, 0.29) is 11.8 Å². The van der Waals surface area contributed by atoms with Crippen molar-refractivity contribution in [2.75, 3.05) is 23.3 Å². The van der Waals surface area contributed by atoms with Gasteiger partial charge in [-0.15, -0.1) is 0 Å². The summed E-state index contributed by atoms with van der Waals surface area (Å²) in [6.45, 7) is 2.46. The van der Waals surface area contributed by atoms with E-state index in [1.807, 2.05) is 12.1 Å². The molecule has 2 amide bonds. The summed E-state index contributed by atoms with van der Waals surface area (Å²) in [5.74, 6) is 1.30. The maximum atomic E-state index is 12.6. The van der Waals surface area contributed by atoms with Crippen molar-refractivity contribution in [3.8, 4) is 0 Å². The summed E-state index contributed by atoms with van der Waals surface area (Å²) in [5.41, 5.74) is 1.89. The van der Waals surface area contributed by atoms with Crippen LogP contribution in [0.5, 0.6) is 0 Å². The van der Waals surface area contributed by atoms with Gasteiger partial charge in [-0.05, 0) is 43.4 Å². The van der Waals surface area contributed by atoms with Crippen molar-refractivity contribution in [3.05, 3.63) is 41.5 Å². The van der Waals surface area contributed by atoms with Crippen molar-refractivity contribution < 1.29 is 14.0 Å². The minimum Gasteiger partial charge on any atom is -0.466 e. The second-order valence-electron chi connectivity index (χ2n) is 7.10. The minimum absolute atomic E-state index is 0.0792. The molecular formula is C20H24N4O3. The summed E-state index contributed by atoms with van der Waals surface area (Å²) in [5, 5.41) is 5.71. The van der Waals surface area contributed by atoms with Crippen molar-refractivity contribution >= 4 is 23.3 Å². The number of carbonyl (C=O) groups is 2. The third-order valence-corrected chi connectivity index (χ3v) is 5.13. The average Bonchev–Trinajstić information content (AvgIpc) is 3.00. The molecule has 1 fully saturated rings. The number of amides is 2. The van der Waals surface area contributed by atoms with E-state index in [1.165, 1.54) is 25.5 Å². The van der Waals surface area contributed by atoms with E-state index < -0.39 is 0 Å². The van der Waals surface area contributed by atoms with Gasteiger partial charge in [0.1, 0.15) is 23.4 Å². The molecule has 0 atom stereocenters. The average molecular weight is 368 g/mol. The van der Waals surface area contributed by atoms with Gasteiger partial charge in [0.15, 0.2) is 0 Å². The fraction of sp³-hybridized carbons (Fsp3) is 0.450. The van der Waals surface area contributed by atoms with Crippen LogP contribution in [0.2, 0.25) is 0 Å². The Morgan fingerprint density at radius 3 is 2.93 bits per heavy atom. The summed E-state index contributed by atoms with van der Waals surface area (Å²) in [6, 6.07) is 3.94. The zero-order valence-corrected chi connectivity index (χ0v) is 15.3. The van der Waals surface area contributed by atoms with Crippen LogP contribution in [-0.2, 0) is 17.8 Å². The van der Waals surface area contributed by atoms with E-state index in [0.717, 1.165) is 30.9 Å². The molecule has 0 unspecified atom stereocenters. The normalized spacial score (nSPS) is 17.0. The molecule has 2 N–H and O–H groups in total. The number of hydrogen-bond donors (Lipinski definition) is 2. The summed E-state index contributed by atoms with van der Waals surface area (Å²) in [4.78, 5) is 31.2. The lowest BCUT2D eigenvalue weighted by Crippen LogP contribution is -2.30. The summed E-state index contributed by atoms with van der Waals surface area (Å²) in [6.07, 6.45) is 8.71. The molecule has 7 nitrogen and oxygen atoms in total. The molecule has 4 rings (SSSR count). The van der Waals surface area contributed by atoms with Crippen LogP contribution < -0.4 is 15.5 Å². The first kappa shape index (κ1) is 17.6. The largest absolute Gasteiger partial charge is 0.466 e. The molecule has 4 heterocycles. The number of piperidine rings is 1. The molecule has 2 aromatic rings. The van der Waals surface area contributed by atoms with Crippen molar-refractivity contribution in [2.24, 2.45) is 0 Å². The van der Waals surface area contributed by atoms with Gasteiger partial charge in [-0.3, -0.25) is 9.59 Å². The van der Waals surface area contributed by atoms with Crippen LogP contribution in [0.3, 0.4) is 0 Å². The number of nitrogens with zero attached hydrogens (tertiary/aromatic N) is 2. The highest BCUT2D eigenvalue weighted by Gasteiger charge is 2.23. The number of aromatic nitrogens is 1. The van der Waals surface area contributed by atoms with Gasteiger partial charge >= 0.3 is 0 Å². The van der Waals surface area contributed by atoms with E-state index in [1.54, 1.807) is 6.20 Å². The molecule has 142 valence electrons. The Kier molecular flexibility index (Phi) is 5.09. The molecule has 0 radical (unpaired) electrons. The molecule has 1 saturated heterocycles. The van der Waals surface area contributed by atoms with Gasteiger partial charge in [0.2, 0.25) is 5.91 Å². The third kappa shape index (κ3) is 3.97. The van der Waals surface area contributed by atoms with E-state index >= 15 is 0 Å². The predicted molar refractivity (Wildman–Crippen MR) is 102 cm³/mol. The number of rotatable bonds is 4. The predicted octanol–water partition coefficient (Wildman–Crippen LogP) is 2.87. The van der Waals surface area contributed by atoms with Gasteiger partial charge in [-0.2, -0.15) is 0 Å². The lowest BCUT2D eigenvalue weighted by atomic mass is 10.1. The first-order valence-corrected chi connectivity index (χ1v) is 9.59. The highest BCUT2D eigenvalue weighted by atomic mass is 16.3. The van der Waals surface area contributed by atoms with E-state index in [9.17, 15) is 9.59 Å². The highest BCUT2D eigenvalue weighted by molar-refractivity contribution is 6.04. The molecule has 27 heavy (non-hydrogen) atoms. The van der Waals surface area contributed by atoms with Crippen LogP contribution in [0.15, 0.2) is 29.0 Å². The molecule has 2 aromatic heterocycles. The third-order valence-electron chi connectivity index (χ3n) is 5.13. The van der Waals surface area contributed by atoms with Gasteiger partial charge < -0.3 is 20.0 Å². The minimum atomic E-state index is -0.251. The Morgan fingerprint density at radius 2 is 2.07 bits per heavy atom. The van der Waals surface area contributed by atoms with Crippen LogP contribution in [0.25, 0.3) is 0 Å². The fourth-order valence-electron chi connectivity index (χ4n) is 3.64. The van der Waals surface area contributed by atoms with Crippen LogP contribution >= 0.6 is 0 Å². The molecule has 0 saturated carbocycles. The lowest BCUT2D eigenvalue weighted by Gasteiger charge is -2.27.